The highest BCUT2D eigenvalue weighted by molar-refractivity contribution is 6.25. The number of aliphatic carboxylic acids is 1. The normalized spacial score (nSPS) is 14.4. The third-order valence-corrected chi connectivity index (χ3v) is 6.67. The molecule has 1 aliphatic heterocycles. The van der Waals surface area contributed by atoms with Gasteiger partial charge < -0.3 is 15.7 Å². The van der Waals surface area contributed by atoms with Crippen molar-refractivity contribution in [3.8, 4) is 0 Å². The molecule has 1 atom stereocenters. The summed E-state index contributed by atoms with van der Waals surface area (Å²) in [6.45, 7) is -1.25. The Balaban J connectivity index is 1.56. The second-order valence-electron chi connectivity index (χ2n) is 9.53. The van der Waals surface area contributed by atoms with E-state index in [4.69, 9.17) is 0 Å². The smallest absolute Gasteiger partial charge is 0.323 e. The van der Waals surface area contributed by atoms with E-state index in [0.717, 1.165) is 9.80 Å². The summed E-state index contributed by atoms with van der Waals surface area (Å²) in [5.41, 5.74) is 1.74. The van der Waals surface area contributed by atoms with Gasteiger partial charge in [-0.25, -0.2) is 4.79 Å². The quantitative estimate of drug-likeness (QED) is 0.271. The third kappa shape index (κ3) is 6.35. The lowest BCUT2D eigenvalue weighted by Gasteiger charge is -2.28. The van der Waals surface area contributed by atoms with Crippen LogP contribution in [-0.4, -0.2) is 54.0 Å². The standard InChI is InChI=1S/C32H27N5O6/c38-27(35(21-28(39)40)23-14-6-2-7-15-23)20-36-25-18-10-11-19-26(25)37(24-16-8-3-9-17-24)31(42)29(30(36)41)34-32(43)33-22-12-4-1-5-13-22/h1-19,29H,20-21H2,(H,39,40)(H2,33,34,43). The molecule has 0 saturated heterocycles. The maximum absolute atomic E-state index is 14.1. The van der Waals surface area contributed by atoms with E-state index in [0.29, 0.717) is 22.7 Å². The van der Waals surface area contributed by atoms with Gasteiger partial charge >= 0.3 is 12.0 Å². The zero-order valence-electron chi connectivity index (χ0n) is 22.8. The molecule has 4 aromatic rings. The van der Waals surface area contributed by atoms with E-state index in [1.54, 1.807) is 115 Å². The van der Waals surface area contributed by atoms with Crippen LogP contribution in [0.25, 0.3) is 0 Å². The first-order valence-corrected chi connectivity index (χ1v) is 13.3. The first-order chi connectivity index (χ1) is 20.8. The van der Waals surface area contributed by atoms with Crippen LogP contribution in [0.3, 0.4) is 0 Å². The van der Waals surface area contributed by atoms with Gasteiger partial charge in [-0.15, -0.1) is 0 Å². The fourth-order valence-corrected chi connectivity index (χ4v) is 4.75. The number of carboxylic acids is 1. The van der Waals surface area contributed by atoms with Crippen molar-refractivity contribution < 1.29 is 29.1 Å². The van der Waals surface area contributed by atoms with Crippen molar-refractivity contribution >= 4 is 58.2 Å². The average Bonchev–Trinajstić information content (AvgIpc) is 3.10. The van der Waals surface area contributed by atoms with Gasteiger partial charge in [0.25, 0.3) is 11.8 Å². The maximum Gasteiger partial charge on any atom is 0.323 e. The second kappa shape index (κ2) is 12.7. The summed E-state index contributed by atoms with van der Waals surface area (Å²) in [6, 6.07) is 29.3. The molecule has 0 aromatic heterocycles. The van der Waals surface area contributed by atoms with E-state index < -0.39 is 48.9 Å². The molecule has 0 fully saturated rings. The largest absolute Gasteiger partial charge is 0.480 e. The van der Waals surface area contributed by atoms with Gasteiger partial charge in [0.15, 0.2) is 6.04 Å². The summed E-state index contributed by atoms with van der Waals surface area (Å²) in [6.07, 6.45) is 0. The Morgan fingerprint density at radius 2 is 1.28 bits per heavy atom. The van der Waals surface area contributed by atoms with Crippen LogP contribution in [0.5, 0.6) is 0 Å². The van der Waals surface area contributed by atoms with Crippen LogP contribution in [0.2, 0.25) is 0 Å². The zero-order chi connectivity index (χ0) is 30.3. The van der Waals surface area contributed by atoms with Crippen molar-refractivity contribution in [1.29, 1.82) is 0 Å². The van der Waals surface area contributed by atoms with E-state index in [1.807, 2.05) is 0 Å². The molecule has 0 saturated carbocycles. The van der Waals surface area contributed by atoms with E-state index >= 15 is 0 Å². The molecular weight excluding hydrogens is 550 g/mol. The van der Waals surface area contributed by atoms with Crippen molar-refractivity contribution in [1.82, 2.24) is 5.32 Å². The van der Waals surface area contributed by atoms with E-state index in [-0.39, 0.29) is 5.69 Å². The number of nitrogens with one attached hydrogen (secondary N) is 2. The van der Waals surface area contributed by atoms with Crippen molar-refractivity contribution in [3.05, 3.63) is 115 Å². The topological polar surface area (TPSA) is 139 Å². The predicted molar refractivity (Wildman–Crippen MR) is 161 cm³/mol. The summed E-state index contributed by atoms with van der Waals surface area (Å²) in [7, 11) is 0. The van der Waals surface area contributed by atoms with Gasteiger partial charge in [0.2, 0.25) is 5.91 Å². The lowest BCUT2D eigenvalue weighted by Crippen LogP contribution is -2.57. The number of hydrogen-bond acceptors (Lipinski definition) is 5. The fourth-order valence-electron chi connectivity index (χ4n) is 4.75. The highest BCUT2D eigenvalue weighted by Crippen LogP contribution is 2.38. The molecule has 11 nitrogen and oxygen atoms in total. The fraction of sp³-hybridized carbons (Fsp3) is 0.0938. The number of para-hydroxylation sites is 5. The van der Waals surface area contributed by atoms with Gasteiger partial charge in [0.1, 0.15) is 13.1 Å². The van der Waals surface area contributed by atoms with Gasteiger partial charge in [-0.2, -0.15) is 0 Å². The molecule has 5 amide bonds. The molecule has 0 bridgehead atoms. The number of carbonyl (C=O) groups is 5. The Morgan fingerprint density at radius 1 is 0.721 bits per heavy atom. The molecular formula is C32H27N5O6. The molecule has 5 rings (SSSR count). The number of carboxylic acid groups (broad SMARTS) is 1. The Kier molecular flexibility index (Phi) is 8.43. The predicted octanol–water partition coefficient (Wildman–Crippen LogP) is 4.01. The Hall–Kier alpha value is -5.97. The number of nitrogens with zero attached hydrogens (tertiary/aromatic N) is 3. The van der Waals surface area contributed by atoms with Gasteiger partial charge in [0.05, 0.1) is 11.4 Å². The lowest BCUT2D eigenvalue weighted by molar-refractivity contribution is -0.136. The van der Waals surface area contributed by atoms with Gasteiger partial charge in [-0.05, 0) is 48.5 Å². The number of amides is 5. The minimum Gasteiger partial charge on any atom is -0.480 e. The van der Waals surface area contributed by atoms with Crippen LogP contribution >= 0.6 is 0 Å². The highest BCUT2D eigenvalue weighted by atomic mass is 16.4. The number of fused-ring (bicyclic) bond motifs is 1. The summed E-state index contributed by atoms with van der Waals surface area (Å²) >= 11 is 0. The van der Waals surface area contributed by atoms with Gasteiger partial charge in [-0.1, -0.05) is 66.7 Å². The summed E-state index contributed by atoms with van der Waals surface area (Å²) in [4.78, 5) is 70.1. The van der Waals surface area contributed by atoms with Crippen LogP contribution in [0.1, 0.15) is 0 Å². The molecule has 1 unspecified atom stereocenters. The SMILES string of the molecule is O=C(O)CN(C(=O)CN1C(=O)C(NC(=O)Nc2ccccc2)C(=O)N(c2ccccc2)c2ccccc21)c1ccccc1. The highest BCUT2D eigenvalue weighted by Gasteiger charge is 2.43. The molecule has 216 valence electrons. The van der Waals surface area contributed by atoms with Crippen molar-refractivity contribution in [2.45, 2.75) is 6.04 Å². The third-order valence-electron chi connectivity index (χ3n) is 6.67. The molecule has 11 heteroatoms. The van der Waals surface area contributed by atoms with Crippen LogP contribution < -0.4 is 25.3 Å². The van der Waals surface area contributed by atoms with E-state index in [9.17, 15) is 29.1 Å². The monoisotopic (exact) mass is 577 g/mol. The van der Waals surface area contributed by atoms with Crippen LogP contribution in [0.15, 0.2) is 115 Å². The summed E-state index contributed by atoms with van der Waals surface area (Å²) in [5.74, 6) is -3.56. The van der Waals surface area contributed by atoms with Crippen molar-refractivity contribution in [2.24, 2.45) is 0 Å². The summed E-state index contributed by atoms with van der Waals surface area (Å²) < 4.78 is 0. The Morgan fingerprint density at radius 3 is 1.91 bits per heavy atom. The number of hydrogen-bond donors (Lipinski definition) is 3. The minimum atomic E-state index is -1.73. The van der Waals surface area contributed by atoms with Crippen molar-refractivity contribution in [3.63, 3.8) is 0 Å². The van der Waals surface area contributed by atoms with E-state index in [2.05, 4.69) is 10.6 Å². The van der Waals surface area contributed by atoms with Crippen LogP contribution in [-0.2, 0) is 19.2 Å². The number of rotatable bonds is 8. The molecule has 0 aliphatic carbocycles. The number of carbonyl (C=O) groups excluding carboxylic acids is 4. The molecule has 3 N–H and O–H groups in total. The molecule has 1 aliphatic rings. The van der Waals surface area contributed by atoms with Crippen LogP contribution in [0, 0.1) is 0 Å². The first-order valence-electron chi connectivity index (χ1n) is 13.3. The molecule has 0 radical (unpaired) electrons. The molecule has 43 heavy (non-hydrogen) atoms. The molecule has 0 spiro atoms. The second-order valence-corrected chi connectivity index (χ2v) is 9.53. The Labute approximate surface area is 246 Å². The van der Waals surface area contributed by atoms with Gasteiger partial charge in [-0.3, -0.25) is 33.9 Å². The minimum absolute atomic E-state index is 0.231. The number of urea groups is 1. The average molecular weight is 578 g/mol. The number of benzene rings is 4. The van der Waals surface area contributed by atoms with Crippen LogP contribution in [0.4, 0.5) is 33.2 Å². The number of anilines is 5. The molecule has 4 aromatic carbocycles. The first kappa shape index (κ1) is 28.6. The maximum atomic E-state index is 14.1. The van der Waals surface area contributed by atoms with E-state index in [1.165, 1.54) is 4.90 Å². The van der Waals surface area contributed by atoms with Crippen molar-refractivity contribution in [2.75, 3.05) is 33.1 Å². The van der Waals surface area contributed by atoms with Gasteiger partial charge in [0, 0.05) is 17.1 Å². The lowest BCUT2D eigenvalue weighted by atomic mass is 10.2. The zero-order valence-corrected chi connectivity index (χ0v) is 22.8. The summed E-state index contributed by atoms with van der Waals surface area (Å²) in [5, 5.41) is 14.6. The Bertz CT molecular complexity index is 1650. The molecule has 1 heterocycles.